The van der Waals surface area contributed by atoms with E-state index in [2.05, 4.69) is 10.5 Å². The number of hydrogen-bond donors (Lipinski definition) is 3. The summed E-state index contributed by atoms with van der Waals surface area (Å²) < 4.78 is 5.52. The van der Waals surface area contributed by atoms with E-state index in [0.29, 0.717) is 6.61 Å². The highest BCUT2D eigenvalue weighted by Gasteiger charge is 2.05. The Morgan fingerprint density at radius 1 is 1.47 bits per heavy atom. The van der Waals surface area contributed by atoms with Gasteiger partial charge >= 0.3 is 0 Å². The Bertz CT molecular complexity index is 341. The monoisotopic (exact) mass is 237 g/mol. The van der Waals surface area contributed by atoms with Crippen molar-refractivity contribution in [2.45, 2.75) is 19.4 Å². The van der Waals surface area contributed by atoms with Crippen LogP contribution in [-0.2, 0) is 0 Å². The molecular formula is C12H19N3O2. The van der Waals surface area contributed by atoms with Crippen LogP contribution in [-0.4, -0.2) is 30.2 Å². The molecule has 1 rings (SSSR count). The molecule has 0 aliphatic carbocycles. The van der Waals surface area contributed by atoms with Gasteiger partial charge in [-0.1, -0.05) is 23.4 Å². The fourth-order valence-corrected chi connectivity index (χ4v) is 1.29. The number of nitrogens with zero attached hydrogens (tertiary/aromatic N) is 1. The summed E-state index contributed by atoms with van der Waals surface area (Å²) in [6.07, 6.45) is 0.859. The average molecular weight is 237 g/mol. The minimum atomic E-state index is -0.128. The van der Waals surface area contributed by atoms with Crippen molar-refractivity contribution >= 4 is 5.84 Å². The van der Waals surface area contributed by atoms with Crippen LogP contribution in [0.4, 0.5) is 0 Å². The summed E-state index contributed by atoms with van der Waals surface area (Å²) in [6, 6.07) is 9.55. The molecule has 17 heavy (non-hydrogen) atoms. The van der Waals surface area contributed by atoms with Crippen LogP contribution < -0.4 is 15.8 Å². The van der Waals surface area contributed by atoms with Crippen LogP contribution in [0.1, 0.15) is 13.3 Å². The van der Waals surface area contributed by atoms with E-state index >= 15 is 0 Å². The van der Waals surface area contributed by atoms with Crippen LogP contribution in [0, 0.1) is 0 Å². The van der Waals surface area contributed by atoms with Crippen LogP contribution >= 0.6 is 0 Å². The van der Waals surface area contributed by atoms with Crippen LogP contribution in [0.15, 0.2) is 35.5 Å². The zero-order valence-corrected chi connectivity index (χ0v) is 9.97. The standard InChI is InChI=1S/C12H19N3O2/c1-10(12(13)15-16)14-8-5-9-17-11-6-3-2-4-7-11/h2-4,6-7,10,14,16H,5,8-9H2,1H3,(H2,13,15). The lowest BCUT2D eigenvalue weighted by molar-refractivity contribution is 0.305. The molecule has 0 radical (unpaired) electrons. The number of nitrogens with one attached hydrogen (secondary N) is 1. The van der Waals surface area contributed by atoms with E-state index in [1.54, 1.807) is 0 Å². The predicted octanol–water partition coefficient (Wildman–Crippen LogP) is 1.18. The van der Waals surface area contributed by atoms with Crippen molar-refractivity contribution in [1.29, 1.82) is 0 Å². The quantitative estimate of drug-likeness (QED) is 0.219. The summed E-state index contributed by atoms with van der Waals surface area (Å²) in [7, 11) is 0. The van der Waals surface area contributed by atoms with Gasteiger partial charge in [-0.25, -0.2) is 0 Å². The largest absolute Gasteiger partial charge is 0.494 e. The molecule has 1 unspecified atom stereocenters. The van der Waals surface area contributed by atoms with Gasteiger partial charge in [-0.15, -0.1) is 0 Å². The van der Waals surface area contributed by atoms with Crippen molar-refractivity contribution in [1.82, 2.24) is 5.32 Å². The van der Waals surface area contributed by atoms with Gasteiger partial charge in [0.2, 0.25) is 0 Å². The van der Waals surface area contributed by atoms with Crippen LogP contribution in [0.3, 0.4) is 0 Å². The first-order valence-electron chi connectivity index (χ1n) is 5.62. The lowest BCUT2D eigenvalue weighted by atomic mass is 10.3. The van der Waals surface area contributed by atoms with Gasteiger partial charge in [0, 0.05) is 0 Å². The second-order valence-corrected chi connectivity index (χ2v) is 3.72. The van der Waals surface area contributed by atoms with Gasteiger partial charge in [-0.3, -0.25) is 0 Å². The predicted molar refractivity (Wildman–Crippen MR) is 67.4 cm³/mol. The second-order valence-electron chi connectivity index (χ2n) is 3.72. The summed E-state index contributed by atoms with van der Waals surface area (Å²) in [5.74, 6) is 1.06. The Morgan fingerprint density at radius 3 is 2.82 bits per heavy atom. The molecule has 0 aliphatic heterocycles. The van der Waals surface area contributed by atoms with Gasteiger partial charge in [0.1, 0.15) is 5.75 Å². The molecule has 1 aromatic rings. The summed E-state index contributed by atoms with van der Waals surface area (Å²) in [4.78, 5) is 0. The maximum absolute atomic E-state index is 8.45. The molecule has 0 saturated heterocycles. The molecule has 0 spiro atoms. The molecule has 94 valence electrons. The SMILES string of the molecule is CC(NCCCOc1ccccc1)C(N)=NO. The zero-order valence-electron chi connectivity index (χ0n) is 9.97. The van der Waals surface area contributed by atoms with Gasteiger partial charge in [-0.2, -0.15) is 0 Å². The first kappa shape index (κ1) is 13.3. The van der Waals surface area contributed by atoms with Gasteiger partial charge in [-0.05, 0) is 32.0 Å². The van der Waals surface area contributed by atoms with E-state index in [0.717, 1.165) is 18.7 Å². The molecule has 0 heterocycles. The molecule has 1 aromatic carbocycles. The van der Waals surface area contributed by atoms with E-state index in [1.807, 2.05) is 37.3 Å². The highest BCUT2D eigenvalue weighted by atomic mass is 16.5. The van der Waals surface area contributed by atoms with Crippen LogP contribution in [0.25, 0.3) is 0 Å². The van der Waals surface area contributed by atoms with E-state index in [4.69, 9.17) is 15.7 Å². The number of oxime groups is 1. The lowest BCUT2D eigenvalue weighted by Gasteiger charge is -2.12. The highest BCUT2D eigenvalue weighted by molar-refractivity contribution is 5.84. The van der Waals surface area contributed by atoms with E-state index in [9.17, 15) is 0 Å². The van der Waals surface area contributed by atoms with Crippen LogP contribution in [0.5, 0.6) is 5.75 Å². The van der Waals surface area contributed by atoms with Gasteiger partial charge < -0.3 is 21.0 Å². The number of amidine groups is 1. The smallest absolute Gasteiger partial charge is 0.156 e. The number of nitrogens with two attached hydrogens (primary N) is 1. The fraction of sp³-hybridized carbons (Fsp3) is 0.417. The molecular weight excluding hydrogens is 218 g/mol. The number of benzene rings is 1. The molecule has 0 saturated carbocycles. The molecule has 0 fully saturated rings. The molecule has 0 aromatic heterocycles. The Hall–Kier alpha value is -1.75. The normalized spacial score (nSPS) is 13.4. The van der Waals surface area contributed by atoms with E-state index in [1.165, 1.54) is 0 Å². The maximum Gasteiger partial charge on any atom is 0.156 e. The number of hydrogen-bond acceptors (Lipinski definition) is 4. The van der Waals surface area contributed by atoms with Crippen molar-refractivity contribution in [3.8, 4) is 5.75 Å². The third-order valence-electron chi connectivity index (χ3n) is 2.34. The molecule has 5 nitrogen and oxygen atoms in total. The molecule has 5 heteroatoms. The topological polar surface area (TPSA) is 79.9 Å². The van der Waals surface area contributed by atoms with E-state index < -0.39 is 0 Å². The average Bonchev–Trinajstić information content (AvgIpc) is 2.38. The van der Waals surface area contributed by atoms with Crippen LogP contribution in [0.2, 0.25) is 0 Å². The number of para-hydroxylation sites is 1. The van der Waals surface area contributed by atoms with Gasteiger partial charge in [0.25, 0.3) is 0 Å². The minimum absolute atomic E-state index is 0.128. The molecule has 0 amide bonds. The Balaban J connectivity index is 2.09. The summed E-state index contributed by atoms with van der Waals surface area (Å²) in [5, 5.41) is 14.5. The number of rotatable bonds is 7. The molecule has 1 atom stereocenters. The molecule has 0 aliphatic rings. The van der Waals surface area contributed by atoms with Gasteiger partial charge in [0.05, 0.1) is 12.6 Å². The summed E-state index contributed by atoms with van der Waals surface area (Å²) >= 11 is 0. The van der Waals surface area contributed by atoms with Crippen molar-refractivity contribution in [2.24, 2.45) is 10.9 Å². The Kier molecular flexibility index (Phi) is 5.88. The van der Waals surface area contributed by atoms with Crippen molar-refractivity contribution in [3.63, 3.8) is 0 Å². The van der Waals surface area contributed by atoms with E-state index in [-0.39, 0.29) is 11.9 Å². The van der Waals surface area contributed by atoms with Gasteiger partial charge in [0.15, 0.2) is 5.84 Å². The summed E-state index contributed by atoms with van der Waals surface area (Å²) in [5.41, 5.74) is 5.43. The van der Waals surface area contributed by atoms with Crippen molar-refractivity contribution in [2.75, 3.05) is 13.2 Å². The third-order valence-corrected chi connectivity index (χ3v) is 2.34. The fourth-order valence-electron chi connectivity index (χ4n) is 1.29. The van der Waals surface area contributed by atoms with Crippen molar-refractivity contribution in [3.05, 3.63) is 30.3 Å². The number of ether oxygens (including phenoxy) is 1. The maximum atomic E-state index is 8.45. The second kappa shape index (κ2) is 7.51. The Labute approximate surface area is 101 Å². The molecule has 4 N–H and O–H groups in total. The minimum Gasteiger partial charge on any atom is -0.494 e. The first-order valence-corrected chi connectivity index (χ1v) is 5.62. The highest BCUT2D eigenvalue weighted by Crippen LogP contribution is 2.07. The Morgan fingerprint density at radius 2 is 2.18 bits per heavy atom. The first-order chi connectivity index (χ1) is 8.24. The van der Waals surface area contributed by atoms with Crippen molar-refractivity contribution < 1.29 is 9.94 Å². The lowest BCUT2D eigenvalue weighted by Crippen LogP contribution is -2.39. The zero-order chi connectivity index (χ0) is 12.5. The summed E-state index contributed by atoms with van der Waals surface area (Å²) in [6.45, 7) is 3.23. The molecule has 0 bridgehead atoms. The third kappa shape index (κ3) is 5.21.